The Morgan fingerprint density at radius 2 is 2.16 bits per heavy atom. The minimum atomic E-state index is -0.211. The van der Waals surface area contributed by atoms with Gasteiger partial charge in [0.1, 0.15) is 0 Å². The molecule has 1 aliphatic rings. The molecule has 1 aromatic heterocycles. The fourth-order valence-corrected chi connectivity index (χ4v) is 3.86. The molecule has 1 unspecified atom stereocenters. The third-order valence-electron chi connectivity index (χ3n) is 4.02. The second-order valence-electron chi connectivity index (χ2n) is 5.81. The molecule has 1 N–H and O–H groups in total. The van der Waals surface area contributed by atoms with Crippen LogP contribution in [0.2, 0.25) is 0 Å². The zero-order valence-corrected chi connectivity index (χ0v) is 14.8. The zero-order chi connectivity index (χ0) is 17.6. The van der Waals surface area contributed by atoms with Crippen molar-refractivity contribution >= 4 is 34.4 Å². The molecule has 0 fully saturated rings. The predicted octanol–water partition coefficient (Wildman–Crippen LogP) is 3.46. The Morgan fingerprint density at radius 1 is 1.36 bits per heavy atom. The van der Waals surface area contributed by atoms with E-state index in [1.807, 2.05) is 37.3 Å². The molecule has 0 bridgehead atoms. The lowest BCUT2D eigenvalue weighted by Crippen LogP contribution is -2.24. The van der Waals surface area contributed by atoms with Crippen LogP contribution in [0.4, 0.5) is 5.13 Å². The quantitative estimate of drug-likeness (QED) is 0.658. The highest BCUT2D eigenvalue weighted by Gasteiger charge is 2.28. The number of ether oxygens (including phenoxy) is 1. The van der Waals surface area contributed by atoms with Crippen LogP contribution in [0.1, 0.15) is 29.5 Å². The highest BCUT2D eigenvalue weighted by Crippen LogP contribution is 2.32. The van der Waals surface area contributed by atoms with Gasteiger partial charge >= 0.3 is 5.97 Å². The molecule has 25 heavy (non-hydrogen) atoms. The van der Waals surface area contributed by atoms with Crippen LogP contribution in [0.3, 0.4) is 0 Å². The van der Waals surface area contributed by atoms with E-state index in [-0.39, 0.29) is 17.8 Å². The maximum atomic E-state index is 12.1. The monoisotopic (exact) mass is 356 g/mol. The lowest BCUT2D eigenvalue weighted by molar-refractivity contribution is -0.148. The number of carbonyl (C=O) groups is 2. The molecule has 0 radical (unpaired) electrons. The molecule has 0 saturated carbocycles. The Kier molecular flexibility index (Phi) is 5.60. The molecule has 0 saturated heterocycles. The lowest BCUT2D eigenvalue weighted by Gasteiger charge is -2.18. The fraction of sp³-hybridized carbons (Fsp3) is 0.316. The highest BCUT2D eigenvalue weighted by molar-refractivity contribution is 7.15. The lowest BCUT2D eigenvalue weighted by atomic mass is 9.91. The summed E-state index contributed by atoms with van der Waals surface area (Å²) >= 11 is 1.44. The average molecular weight is 356 g/mol. The van der Waals surface area contributed by atoms with E-state index in [2.05, 4.69) is 10.3 Å². The van der Waals surface area contributed by atoms with Crippen molar-refractivity contribution in [3.8, 4) is 0 Å². The van der Waals surface area contributed by atoms with Gasteiger partial charge in [-0.3, -0.25) is 14.9 Å². The molecular formula is C19H20N2O3S. The molecule has 1 aromatic carbocycles. The summed E-state index contributed by atoms with van der Waals surface area (Å²) in [6.45, 7) is 2.22. The van der Waals surface area contributed by atoms with Crippen molar-refractivity contribution in [2.24, 2.45) is 5.92 Å². The number of hydrogen-bond donors (Lipinski definition) is 1. The molecule has 6 heteroatoms. The number of fused-ring (bicyclic) bond motifs is 1. The van der Waals surface area contributed by atoms with Crippen molar-refractivity contribution in [3.05, 3.63) is 52.5 Å². The van der Waals surface area contributed by atoms with Crippen molar-refractivity contribution in [1.29, 1.82) is 0 Å². The number of nitrogens with zero attached hydrogens (tertiary/aromatic N) is 1. The molecule has 1 amide bonds. The fourth-order valence-electron chi connectivity index (χ4n) is 2.77. The molecule has 3 rings (SSSR count). The number of thiazole rings is 1. The van der Waals surface area contributed by atoms with Gasteiger partial charge in [-0.05, 0) is 37.8 Å². The standard InChI is InChI=1S/C19H20N2O3S/c1-2-24-18(23)14-9-10-15-16(12-14)25-19(20-15)21-17(22)11-8-13-6-4-3-5-7-13/h3-8,11,14H,2,9-10,12H2,1H3,(H,20,21,22)/b11-8+. The van der Waals surface area contributed by atoms with E-state index in [1.165, 1.54) is 17.4 Å². The van der Waals surface area contributed by atoms with Crippen LogP contribution >= 0.6 is 11.3 Å². The number of carbonyl (C=O) groups excluding carboxylic acids is 2. The zero-order valence-electron chi connectivity index (χ0n) is 14.0. The first kappa shape index (κ1) is 17.4. The normalized spacial score (nSPS) is 16.4. The Hall–Kier alpha value is -2.47. The minimum absolute atomic E-state index is 0.102. The maximum absolute atomic E-state index is 12.1. The summed E-state index contributed by atoms with van der Waals surface area (Å²) in [6, 6.07) is 9.64. The summed E-state index contributed by atoms with van der Waals surface area (Å²) in [4.78, 5) is 29.5. The molecule has 1 heterocycles. The molecule has 5 nitrogen and oxygen atoms in total. The molecule has 1 atom stereocenters. The third kappa shape index (κ3) is 4.54. The van der Waals surface area contributed by atoms with Crippen LogP contribution in [-0.4, -0.2) is 23.5 Å². The molecule has 0 aliphatic heterocycles. The van der Waals surface area contributed by atoms with E-state index in [4.69, 9.17) is 4.74 Å². The van der Waals surface area contributed by atoms with Gasteiger partial charge in [0.25, 0.3) is 0 Å². The number of hydrogen-bond acceptors (Lipinski definition) is 5. The van der Waals surface area contributed by atoms with Crippen LogP contribution in [-0.2, 0) is 27.2 Å². The van der Waals surface area contributed by atoms with Crippen molar-refractivity contribution in [1.82, 2.24) is 4.98 Å². The van der Waals surface area contributed by atoms with Crippen molar-refractivity contribution in [2.45, 2.75) is 26.2 Å². The van der Waals surface area contributed by atoms with Gasteiger partial charge < -0.3 is 4.74 Å². The van der Waals surface area contributed by atoms with Crippen LogP contribution in [0.25, 0.3) is 6.08 Å². The van der Waals surface area contributed by atoms with Gasteiger partial charge in [-0.1, -0.05) is 30.3 Å². The number of esters is 1. The van der Waals surface area contributed by atoms with E-state index >= 15 is 0 Å². The number of amides is 1. The Morgan fingerprint density at radius 3 is 2.92 bits per heavy atom. The Labute approximate surface area is 150 Å². The van der Waals surface area contributed by atoms with Crippen molar-refractivity contribution in [2.75, 3.05) is 11.9 Å². The molecule has 130 valence electrons. The summed E-state index contributed by atoms with van der Waals surface area (Å²) in [5, 5.41) is 3.38. The predicted molar refractivity (Wildman–Crippen MR) is 98.4 cm³/mol. The summed E-state index contributed by atoms with van der Waals surface area (Å²) in [5.74, 6) is -0.454. The molecular weight excluding hydrogens is 336 g/mol. The van der Waals surface area contributed by atoms with Crippen LogP contribution < -0.4 is 5.32 Å². The van der Waals surface area contributed by atoms with Gasteiger partial charge in [-0.15, -0.1) is 11.3 Å². The Balaban J connectivity index is 1.61. The Bertz CT molecular complexity index is 783. The first-order valence-corrected chi connectivity index (χ1v) is 9.16. The van der Waals surface area contributed by atoms with E-state index in [0.717, 1.165) is 29.0 Å². The van der Waals surface area contributed by atoms with E-state index in [0.29, 0.717) is 18.2 Å². The highest BCUT2D eigenvalue weighted by atomic mass is 32.1. The maximum Gasteiger partial charge on any atom is 0.309 e. The van der Waals surface area contributed by atoms with Crippen LogP contribution in [0.5, 0.6) is 0 Å². The van der Waals surface area contributed by atoms with E-state index < -0.39 is 0 Å². The van der Waals surface area contributed by atoms with Gasteiger partial charge in [0.05, 0.1) is 18.2 Å². The molecule has 2 aromatic rings. The van der Waals surface area contributed by atoms with Gasteiger partial charge in [0.15, 0.2) is 5.13 Å². The largest absolute Gasteiger partial charge is 0.466 e. The topological polar surface area (TPSA) is 68.3 Å². The smallest absolute Gasteiger partial charge is 0.309 e. The number of aryl methyl sites for hydroxylation is 1. The SMILES string of the molecule is CCOC(=O)C1CCc2nc(NC(=O)/C=C/c3ccccc3)sc2C1. The number of anilines is 1. The molecule has 1 aliphatic carbocycles. The second-order valence-corrected chi connectivity index (χ2v) is 6.90. The summed E-state index contributed by atoms with van der Waals surface area (Å²) < 4.78 is 5.11. The number of aromatic nitrogens is 1. The first-order chi connectivity index (χ1) is 12.2. The van der Waals surface area contributed by atoms with Gasteiger partial charge in [0, 0.05) is 11.0 Å². The third-order valence-corrected chi connectivity index (χ3v) is 5.05. The van der Waals surface area contributed by atoms with Gasteiger partial charge in [-0.25, -0.2) is 4.98 Å². The molecule has 0 spiro atoms. The summed E-state index contributed by atoms with van der Waals surface area (Å²) in [7, 11) is 0. The minimum Gasteiger partial charge on any atom is -0.466 e. The van der Waals surface area contributed by atoms with Crippen LogP contribution in [0, 0.1) is 5.92 Å². The number of rotatable bonds is 5. The second kappa shape index (κ2) is 8.07. The van der Waals surface area contributed by atoms with Crippen molar-refractivity contribution < 1.29 is 14.3 Å². The summed E-state index contributed by atoms with van der Waals surface area (Å²) in [6.07, 6.45) is 5.39. The summed E-state index contributed by atoms with van der Waals surface area (Å²) in [5.41, 5.74) is 1.95. The number of nitrogens with one attached hydrogen (secondary N) is 1. The first-order valence-electron chi connectivity index (χ1n) is 8.35. The number of benzene rings is 1. The van der Waals surface area contributed by atoms with Crippen LogP contribution in [0.15, 0.2) is 36.4 Å². The van der Waals surface area contributed by atoms with Gasteiger partial charge in [-0.2, -0.15) is 0 Å². The van der Waals surface area contributed by atoms with E-state index in [9.17, 15) is 9.59 Å². The van der Waals surface area contributed by atoms with Crippen molar-refractivity contribution in [3.63, 3.8) is 0 Å². The van der Waals surface area contributed by atoms with Gasteiger partial charge in [0.2, 0.25) is 5.91 Å². The average Bonchev–Trinajstić information content (AvgIpc) is 3.02. The van der Waals surface area contributed by atoms with E-state index in [1.54, 1.807) is 6.08 Å².